The Morgan fingerprint density at radius 3 is 2.53 bits per heavy atom. The van der Waals surface area contributed by atoms with Gasteiger partial charge in [-0.3, -0.25) is 4.98 Å². The van der Waals surface area contributed by atoms with Gasteiger partial charge in [0.25, 0.3) is 0 Å². The van der Waals surface area contributed by atoms with Gasteiger partial charge in [0.2, 0.25) is 0 Å². The molecule has 2 nitrogen and oxygen atoms in total. The number of rotatable bonds is 3. The molecular formula is C29H33NOSi. The maximum atomic E-state index is 6.50. The molecule has 0 spiro atoms. The van der Waals surface area contributed by atoms with E-state index in [9.17, 15) is 0 Å². The number of para-hydroxylation sites is 1. The van der Waals surface area contributed by atoms with Gasteiger partial charge >= 0.3 is 0 Å². The predicted molar refractivity (Wildman–Crippen MR) is 137 cm³/mol. The zero-order chi connectivity index (χ0) is 22.3. The van der Waals surface area contributed by atoms with Gasteiger partial charge in [-0.15, -0.1) is 0 Å². The van der Waals surface area contributed by atoms with Crippen molar-refractivity contribution in [1.29, 1.82) is 0 Å². The SMILES string of the molecule is CC1(C)C2CCC1C(c1ccnc(-c3ccc([Si](C)(C)C)c4c3oc3ccccc34)c1)C2. The molecule has 0 saturated heterocycles. The number of pyridine rings is 1. The van der Waals surface area contributed by atoms with E-state index in [1.165, 1.54) is 40.8 Å². The van der Waals surface area contributed by atoms with Crippen LogP contribution in [0.1, 0.15) is 44.6 Å². The molecule has 3 heteroatoms. The molecule has 2 heterocycles. The fourth-order valence-electron chi connectivity index (χ4n) is 6.89. The first-order chi connectivity index (χ1) is 15.2. The number of aromatic nitrogens is 1. The van der Waals surface area contributed by atoms with Crippen LogP contribution < -0.4 is 5.19 Å². The summed E-state index contributed by atoms with van der Waals surface area (Å²) in [6.45, 7) is 12.2. The summed E-state index contributed by atoms with van der Waals surface area (Å²) in [4.78, 5) is 4.84. The third-order valence-electron chi connectivity index (χ3n) is 8.68. The third-order valence-corrected chi connectivity index (χ3v) is 10.7. The minimum atomic E-state index is -1.54. The van der Waals surface area contributed by atoms with Crippen molar-refractivity contribution in [3.8, 4) is 11.3 Å². The number of hydrogen-bond acceptors (Lipinski definition) is 2. The van der Waals surface area contributed by atoms with Gasteiger partial charge in [-0.2, -0.15) is 0 Å². The van der Waals surface area contributed by atoms with Gasteiger partial charge in [0.05, 0.1) is 13.8 Å². The van der Waals surface area contributed by atoms with Crippen molar-refractivity contribution >= 4 is 35.2 Å². The van der Waals surface area contributed by atoms with E-state index in [1.54, 1.807) is 0 Å². The summed E-state index contributed by atoms with van der Waals surface area (Å²) < 4.78 is 6.50. The zero-order valence-corrected chi connectivity index (χ0v) is 20.9. The van der Waals surface area contributed by atoms with E-state index in [0.29, 0.717) is 11.3 Å². The van der Waals surface area contributed by atoms with Crippen LogP contribution in [0.2, 0.25) is 19.6 Å². The highest BCUT2D eigenvalue weighted by Gasteiger charge is 2.53. The molecule has 0 radical (unpaired) electrons. The maximum absolute atomic E-state index is 6.50. The molecule has 0 aliphatic heterocycles. The molecule has 2 saturated carbocycles. The molecule has 6 rings (SSSR count). The quantitative estimate of drug-likeness (QED) is 0.305. The first kappa shape index (κ1) is 20.2. The largest absolute Gasteiger partial charge is 0.455 e. The van der Waals surface area contributed by atoms with Gasteiger partial charge < -0.3 is 4.42 Å². The highest BCUT2D eigenvalue weighted by Crippen LogP contribution is 2.63. The third kappa shape index (κ3) is 2.86. The average molecular weight is 440 g/mol. The van der Waals surface area contributed by atoms with Gasteiger partial charge in [0.1, 0.15) is 11.2 Å². The summed E-state index contributed by atoms with van der Waals surface area (Å²) in [6, 6.07) is 17.7. The van der Waals surface area contributed by atoms with Crippen LogP contribution in [0, 0.1) is 17.3 Å². The Bertz CT molecular complexity index is 1340. The molecule has 2 bridgehead atoms. The van der Waals surface area contributed by atoms with Gasteiger partial charge in [-0.1, -0.05) is 57.8 Å². The van der Waals surface area contributed by atoms with Crippen molar-refractivity contribution < 1.29 is 4.42 Å². The van der Waals surface area contributed by atoms with E-state index >= 15 is 0 Å². The van der Waals surface area contributed by atoms with Gasteiger partial charge in [0.15, 0.2) is 0 Å². The number of furan rings is 1. The van der Waals surface area contributed by atoms with Crippen LogP contribution >= 0.6 is 0 Å². The van der Waals surface area contributed by atoms with Crippen molar-refractivity contribution in [2.45, 2.75) is 58.7 Å². The van der Waals surface area contributed by atoms with Crippen LogP contribution in [0.3, 0.4) is 0 Å². The molecule has 0 amide bonds. The van der Waals surface area contributed by atoms with Crippen LogP contribution in [0.15, 0.2) is 59.1 Å². The fourth-order valence-corrected chi connectivity index (χ4v) is 8.47. The molecule has 4 aromatic rings. The number of fused-ring (bicyclic) bond motifs is 5. The first-order valence-electron chi connectivity index (χ1n) is 12.2. The Morgan fingerprint density at radius 1 is 1.00 bits per heavy atom. The van der Waals surface area contributed by atoms with Crippen molar-refractivity contribution in [2.24, 2.45) is 17.3 Å². The second-order valence-electron chi connectivity index (χ2n) is 11.7. The molecule has 2 fully saturated rings. The number of benzene rings is 2. The Balaban J connectivity index is 1.52. The van der Waals surface area contributed by atoms with E-state index in [2.05, 4.69) is 82.0 Å². The van der Waals surface area contributed by atoms with Crippen LogP contribution in [0.4, 0.5) is 0 Å². The highest BCUT2D eigenvalue weighted by molar-refractivity contribution is 6.90. The molecule has 32 heavy (non-hydrogen) atoms. The molecule has 3 atom stereocenters. The summed E-state index contributed by atoms with van der Waals surface area (Å²) in [5.41, 5.74) is 6.09. The minimum Gasteiger partial charge on any atom is -0.455 e. The van der Waals surface area contributed by atoms with E-state index in [0.717, 1.165) is 34.3 Å². The van der Waals surface area contributed by atoms with Crippen molar-refractivity contribution in [3.05, 3.63) is 60.3 Å². The molecule has 164 valence electrons. The van der Waals surface area contributed by atoms with E-state index in [4.69, 9.17) is 9.40 Å². The standard InChI is InChI=1S/C29H33NOSi/c1-29(2)19-10-12-23(29)22(17-19)18-14-15-30-24(16-18)20-11-13-26(32(3,4)5)27-21-8-6-7-9-25(21)31-28(20)27/h6-9,11,13-16,19,22-23H,10,12,17H2,1-5H3. The average Bonchev–Trinajstić information content (AvgIpc) is 3.38. The second kappa shape index (κ2) is 6.80. The van der Waals surface area contributed by atoms with Crippen molar-refractivity contribution in [3.63, 3.8) is 0 Å². The predicted octanol–water partition coefficient (Wildman–Crippen LogP) is 7.73. The smallest absolute Gasteiger partial charge is 0.144 e. The van der Waals surface area contributed by atoms with E-state index in [-0.39, 0.29) is 0 Å². The van der Waals surface area contributed by atoms with E-state index in [1.807, 2.05) is 6.20 Å². The summed E-state index contributed by atoms with van der Waals surface area (Å²) in [5.74, 6) is 2.33. The Labute approximate surface area is 192 Å². The summed E-state index contributed by atoms with van der Waals surface area (Å²) in [7, 11) is -1.54. The van der Waals surface area contributed by atoms with Gasteiger partial charge in [0, 0.05) is 22.5 Å². The lowest BCUT2D eigenvalue weighted by molar-refractivity contribution is 0.253. The Hall–Kier alpha value is -2.39. The van der Waals surface area contributed by atoms with Crippen LogP contribution in [-0.2, 0) is 0 Å². The Morgan fingerprint density at radius 2 is 1.81 bits per heavy atom. The molecular weight excluding hydrogens is 406 g/mol. The molecule has 3 unspecified atom stereocenters. The van der Waals surface area contributed by atoms with E-state index < -0.39 is 8.07 Å². The molecule has 2 aromatic carbocycles. The second-order valence-corrected chi connectivity index (χ2v) is 16.8. The van der Waals surface area contributed by atoms with Crippen LogP contribution in [-0.4, -0.2) is 13.1 Å². The van der Waals surface area contributed by atoms with Crippen LogP contribution in [0.5, 0.6) is 0 Å². The highest BCUT2D eigenvalue weighted by atomic mass is 28.3. The summed E-state index contributed by atoms with van der Waals surface area (Å²) >= 11 is 0. The lowest BCUT2D eigenvalue weighted by Crippen LogP contribution is -2.37. The zero-order valence-electron chi connectivity index (χ0n) is 19.9. The first-order valence-corrected chi connectivity index (χ1v) is 15.7. The normalized spacial score (nSPS) is 24.6. The molecule has 2 aromatic heterocycles. The topological polar surface area (TPSA) is 26.0 Å². The lowest BCUT2D eigenvalue weighted by Gasteiger charge is -2.27. The molecule has 2 aliphatic carbocycles. The summed E-state index contributed by atoms with van der Waals surface area (Å²) in [5, 5.41) is 3.99. The summed E-state index contributed by atoms with van der Waals surface area (Å²) in [6.07, 6.45) is 6.13. The lowest BCUT2D eigenvalue weighted by atomic mass is 9.78. The van der Waals surface area contributed by atoms with Gasteiger partial charge in [-0.25, -0.2) is 0 Å². The molecule has 0 N–H and O–H groups in total. The number of hydrogen-bond donors (Lipinski definition) is 0. The van der Waals surface area contributed by atoms with Gasteiger partial charge in [-0.05, 0) is 77.4 Å². The number of nitrogens with zero attached hydrogens (tertiary/aromatic N) is 1. The fraction of sp³-hybridized carbons (Fsp3) is 0.414. The maximum Gasteiger partial charge on any atom is 0.144 e. The Kier molecular flexibility index (Phi) is 4.30. The van der Waals surface area contributed by atoms with Crippen LogP contribution in [0.25, 0.3) is 33.2 Å². The van der Waals surface area contributed by atoms with Crippen molar-refractivity contribution in [2.75, 3.05) is 0 Å². The monoisotopic (exact) mass is 439 g/mol. The minimum absolute atomic E-state index is 0.471. The van der Waals surface area contributed by atoms with Crippen molar-refractivity contribution in [1.82, 2.24) is 4.98 Å². The molecule has 2 aliphatic rings.